The Morgan fingerprint density at radius 2 is 1.90 bits per heavy atom. The number of benzene rings is 1. The molecule has 0 bridgehead atoms. The Morgan fingerprint density at radius 3 is 2.70 bits per heavy atom. The molecule has 1 aromatic carbocycles. The van der Waals surface area contributed by atoms with Crippen molar-refractivity contribution >= 4 is 50.8 Å². The van der Waals surface area contributed by atoms with Crippen molar-refractivity contribution < 1.29 is 9.59 Å². The number of nitrogens with zero attached hydrogens (tertiary/aromatic N) is 3. The number of carbonyl (C=O) groups is 2. The lowest BCUT2D eigenvalue weighted by atomic mass is 10.1. The molecule has 6 nitrogen and oxygen atoms in total. The quantitative estimate of drug-likeness (QED) is 0.461. The maximum absolute atomic E-state index is 12.9. The fraction of sp³-hybridized carbons (Fsp3) is 0.364. The number of carbonyl (C=O) groups excluding carboxylic acids is 2. The number of thioether (sulfide) groups is 1. The Hall–Kier alpha value is -2.45. The smallest absolute Gasteiger partial charge is 0.255 e. The highest BCUT2D eigenvalue weighted by Gasteiger charge is 2.21. The molecule has 0 spiro atoms. The summed E-state index contributed by atoms with van der Waals surface area (Å²) in [6, 6.07) is 7.24. The van der Waals surface area contributed by atoms with Crippen molar-refractivity contribution in [1.29, 1.82) is 0 Å². The lowest BCUT2D eigenvalue weighted by molar-refractivity contribution is -0.113. The van der Waals surface area contributed by atoms with E-state index in [2.05, 4.69) is 29.1 Å². The first-order valence-corrected chi connectivity index (χ1v) is 11.9. The summed E-state index contributed by atoms with van der Waals surface area (Å²) in [6.07, 6.45) is 4.78. The summed E-state index contributed by atoms with van der Waals surface area (Å²) in [7, 11) is 0. The number of fused-ring (bicyclic) bond motifs is 1. The zero-order valence-corrected chi connectivity index (χ0v) is 18.7. The van der Waals surface area contributed by atoms with Crippen LogP contribution in [0.4, 0.5) is 5.69 Å². The van der Waals surface area contributed by atoms with Gasteiger partial charge in [0.2, 0.25) is 5.91 Å². The zero-order chi connectivity index (χ0) is 21.1. The Balaban J connectivity index is 1.46. The van der Waals surface area contributed by atoms with Crippen molar-refractivity contribution in [1.82, 2.24) is 14.9 Å². The number of hydrogen-bond acceptors (Lipinski definition) is 6. The number of thiophene rings is 1. The number of likely N-dealkylation sites (tertiary alicyclic amines) is 1. The van der Waals surface area contributed by atoms with Gasteiger partial charge < -0.3 is 10.2 Å². The molecule has 156 valence electrons. The number of anilines is 1. The van der Waals surface area contributed by atoms with Gasteiger partial charge in [-0.05, 0) is 50.8 Å². The van der Waals surface area contributed by atoms with E-state index >= 15 is 0 Å². The number of piperidine rings is 1. The maximum atomic E-state index is 12.9. The number of rotatable bonds is 5. The zero-order valence-electron chi connectivity index (χ0n) is 17.1. The van der Waals surface area contributed by atoms with E-state index in [-0.39, 0.29) is 17.6 Å². The van der Waals surface area contributed by atoms with E-state index in [0.717, 1.165) is 46.7 Å². The van der Waals surface area contributed by atoms with Gasteiger partial charge in [0.05, 0.1) is 17.0 Å². The Morgan fingerprint density at radius 1 is 1.13 bits per heavy atom. The summed E-state index contributed by atoms with van der Waals surface area (Å²) in [6.45, 7) is 5.68. The fourth-order valence-electron chi connectivity index (χ4n) is 3.63. The topological polar surface area (TPSA) is 75.2 Å². The molecule has 4 rings (SSSR count). The second kappa shape index (κ2) is 9.14. The Bertz CT molecular complexity index is 1090. The van der Waals surface area contributed by atoms with Gasteiger partial charge in [-0.1, -0.05) is 23.9 Å². The van der Waals surface area contributed by atoms with Crippen LogP contribution in [0, 0.1) is 13.8 Å². The molecule has 0 aliphatic carbocycles. The van der Waals surface area contributed by atoms with Gasteiger partial charge in [0, 0.05) is 23.4 Å². The van der Waals surface area contributed by atoms with Crippen molar-refractivity contribution in [2.24, 2.45) is 0 Å². The number of aromatic nitrogens is 2. The molecule has 1 N–H and O–H groups in total. The minimum atomic E-state index is -0.157. The van der Waals surface area contributed by atoms with Crippen LogP contribution in [0.1, 0.15) is 40.1 Å². The van der Waals surface area contributed by atoms with E-state index in [1.165, 1.54) is 23.1 Å². The maximum Gasteiger partial charge on any atom is 0.255 e. The number of amides is 2. The second-order valence-electron chi connectivity index (χ2n) is 7.38. The molecule has 0 atom stereocenters. The highest BCUT2D eigenvalue weighted by atomic mass is 32.2. The summed E-state index contributed by atoms with van der Waals surface area (Å²) in [5, 5.41) is 4.76. The molecular weight excluding hydrogens is 416 g/mol. The summed E-state index contributed by atoms with van der Waals surface area (Å²) in [4.78, 5) is 38.3. The molecule has 1 aliphatic heterocycles. The van der Waals surface area contributed by atoms with Crippen LogP contribution in [0.25, 0.3) is 10.2 Å². The van der Waals surface area contributed by atoms with Crippen LogP contribution in [0.5, 0.6) is 0 Å². The van der Waals surface area contributed by atoms with Crippen molar-refractivity contribution in [2.75, 3.05) is 24.2 Å². The van der Waals surface area contributed by atoms with Gasteiger partial charge in [-0.15, -0.1) is 11.3 Å². The van der Waals surface area contributed by atoms with Gasteiger partial charge in [-0.2, -0.15) is 0 Å². The fourth-order valence-corrected chi connectivity index (χ4v) is 5.54. The average Bonchev–Trinajstić information content (AvgIpc) is 3.07. The van der Waals surface area contributed by atoms with Crippen LogP contribution >= 0.6 is 23.1 Å². The number of hydrogen-bond donors (Lipinski definition) is 1. The van der Waals surface area contributed by atoms with E-state index in [9.17, 15) is 9.59 Å². The van der Waals surface area contributed by atoms with Crippen LogP contribution in [-0.2, 0) is 4.79 Å². The van der Waals surface area contributed by atoms with E-state index < -0.39 is 0 Å². The monoisotopic (exact) mass is 440 g/mol. The van der Waals surface area contributed by atoms with E-state index in [1.54, 1.807) is 29.8 Å². The lowest BCUT2D eigenvalue weighted by Gasteiger charge is -2.27. The first-order chi connectivity index (χ1) is 14.5. The van der Waals surface area contributed by atoms with E-state index in [4.69, 9.17) is 0 Å². The van der Waals surface area contributed by atoms with Gasteiger partial charge in [0.1, 0.15) is 16.2 Å². The van der Waals surface area contributed by atoms with Gasteiger partial charge >= 0.3 is 0 Å². The van der Waals surface area contributed by atoms with E-state index in [1.807, 2.05) is 17.0 Å². The third-order valence-corrected chi connectivity index (χ3v) is 7.45. The molecule has 0 saturated carbocycles. The molecule has 8 heteroatoms. The van der Waals surface area contributed by atoms with Crippen molar-refractivity contribution in [2.45, 2.75) is 38.1 Å². The first kappa shape index (κ1) is 20.8. The first-order valence-electron chi connectivity index (χ1n) is 10.1. The van der Waals surface area contributed by atoms with Gasteiger partial charge in [-0.25, -0.2) is 9.97 Å². The highest BCUT2D eigenvalue weighted by Crippen LogP contribution is 2.34. The van der Waals surface area contributed by atoms with Crippen molar-refractivity contribution in [3.05, 3.63) is 46.6 Å². The summed E-state index contributed by atoms with van der Waals surface area (Å²) in [5.41, 5.74) is 2.27. The molecule has 0 unspecified atom stereocenters. The molecule has 3 aromatic rings. The Labute approximate surface area is 184 Å². The summed E-state index contributed by atoms with van der Waals surface area (Å²) >= 11 is 3.04. The minimum Gasteiger partial charge on any atom is -0.339 e. The number of nitrogens with one attached hydrogen (secondary N) is 1. The number of aryl methyl sites for hydroxylation is 2. The van der Waals surface area contributed by atoms with Crippen molar-refractivity contribution in [3.63, 3.8) is 0 Å². The van der Waals surface area contributed by atoms with Crippen molar-refractivity contribution in [3.8, 4) is 0 Å². The lowest BCUT2D eigenvalue weighted by Crippen LogP contribution is -2.36. The summed E-state index contributed by atoms with van der Waals surface area (Å²) in [5.74, 6) is 0.0440. The van der Waals surface area contributed by atoms with Gasteiger partial charge in [0.15, 0.2) is 0 Å². The Kier molecular flexibility index (Phi) is 6.34. The predicted molar refractivity (Wildman–Crippen MR) is 122 cm³/mol. The van der Waals surface area contributed by atoms with Crippen LogP contribution in [0.15, 0.2) is 35.6 Å². The van der Waals surface area contributed by atoms with Crippen LogP contribution in [0.2, 0.25) is 0 Å². The largest absolute Gasteiger partial charge is 0.339 e. The second-order valence-corrected chi connectivity index (χ2v) is 9.54. The van der Waals surface area contributed by atoms with Gasteiger partial charge in [0.25, 0.3) is 5.91 Å². The van der Waals surface area contributed by atoms with Crippen LogP contribution < -0.4 is 5.32 Å². The van der Waals surface area contributed by atoms with Gasteiger partial charge in [-0.3, -0.25) is 9.59 Å². The molecule has 30 heavy (non-hydrogen) atoms. The standard InChI is InChI=1S/C22H24N4O2S2/c1-14-15(2)30-21-19(14)20(23-13-24-21)29-12-18(27)25-17-9-5-4-8-16(17)22(28)26-10-6-3-7-11-26/h4-5,8-9,13H,3,6-7,10-12H2,1-2H3,(H,25,27). The molecule has 3 heterocycles. The molecule has 1 fully saturated rings. The van der Waals surface area contributed by atoms with E-state index in [0.29, 0.717) is 11.3 Å². The molecule has 1 saturated heterocycles. The molecular formula is C22H24N4O2S2. The summed E-state index contributed by atoms with van der Waals surface area (Å²) < 4.78 is 0. The highest BCUT2D eigenvalue weighted by molar-refractivity contribution is 8.00. The molecule has 2 amide bonds. The molecule has 1 aliphatic rings. The minimum absolute atomic E-state index is 0.0138. The average molecular weight is 441 g/mol. The molecule has 2 aromatic heterocycles. The molecule has 0 radical (unpaired) electrons. The SMILES string of the molecule is Cc1sc2ncnc(SCC(=O)Nc3ccccc3C(=O)N3CCCCC3)c2c1C. The third-order valence-electron chi connectivity index (χ3n) is 5.35. The van der Waals surface area contributed by atoms with Crippen LogP contribution in [-0.4, -0.2) is 45.5 Å². The third kappa shape index (κ3) is 4.34. The predicted octanol–water partition coefficient (Wildman–Crippen LogP) is 4.67. The normalized spacial score (nSPS) is 14.1. The van der Waals surface area contributed by atoms with Crippen LogP contribution in [0.3, 0.4) is 0 Å². The number of para-hydroxylation sites is 1.